The van der Waals surface area contributed by atoms with Gasteiger partial charge in [0.25, 0.3) is 5.91 Å². The number of hydrogen-bond donors (Lipinski definition) is 0. The van der Waals surface area contributed by atoms with Gasteiger partial charge in [-0.05, 0) is 37.0 Å². The van der Waals surface area contributed by atoms with Crippen molar-refractivity contribution in [3.63, 3.8) is 0 Å². The van der Waals surface area contributed by atoms with Gasteiger partial charge in [-0.2, -0.15) is 0 Å². The highest BCUT2D eigenvalue weighted by atomic mass is 16.2. The summed E-state index contributed by atoms with van der Waals surface area (Å²) in [6.07, 6.45) is 7.08. The number of nitrogens with zero attached hydrogens (tertiary/aromatic N) is 3. The Bertz CT molecular complexity index is 701. The molecular formula is C19H21N3O. The van der Waals surface area contributed by atoms with E-state index in [0.717, 1.165) is 44.5 Å². The number of aromatic nitrogens is 1. The van der Waals surface area contributed by atoms with Crippen molar-refractivity contribution in [1.29, 1.82) is 0 Å². The summed E-state index contributed by atoms with van der Waals surface area (Å²) in [4.78, 5) is 21.2. The first kappa shape index (κ1) is 14.4. The summed E-state index contributed by atoms with van der Waals surface area (Å²) in [7, 11) is 0. The molecule has 1 saturated heterocycles. The molecule has 3 heterocycles. The van der Waals surface area contributed by atoms with Gasteiger partial charge in [0.15, 0.2) is 0 Å². The van der Waals surface area contributed by atoms with Gasteiger partial charge < -0.3 is 4.90 Å². The smallest absolute Gasteiger partial charge is 0.255 e. The fraction of sp³-hybridized carbons (Fsp3) is 0.368. The lowest BCUT2D eigenvalue weighted by atomic mass is 10.1. The van der Waals surface area contributed by atoms with E-state index in [1.54, 1.807) is 0 Å². The van der Waals surface area contributed by atoms with Crippen LogP contribution >= 0.6 is 0 Å². The number of aryl methyl sites for hydroxylation is 1. The van der Waals surface area contributed by atoms with Crippen LogP contribution in [-0.4, -0.2) is 40.3 Å². The minimum atomic E-state index is 0.140. The number of hydrogen-bond acceptors (Lipinski definition) is 3. The first-order valence-electron chi connectivity index (χ1n) is 8.37. The van der Waals surface area contributed by atoms with Gasteiger partial charge in [-0.3, -0.25) is 14.7 Å². The third-order valence-electron chi connectivity index (χ3n) is 4.85. The SMILES string of the molecule is O=C1c2ccccc2[C@@H]2N(CCCc3cccnc3)CCCN12. The van der Waals surface area contributed by atoms with Crippen LogP contribution in [-0.2, 0) is 6.42 Å². The number of fused-ring (bicyclic) bond motifs is 3. The Labute approximate surface area is 136 Å². The van der Waals surface area contributed by atoms with E-state index >= 15 is 0 Å². The van der Waals surface area contributed by atoms with Crippen LogP contribution in [0.2, 0.25) is 0 Å². The molecule has 1 fully saturated rings. The first-order valence-corrected chi connectivity index (χ1v) is 8.37. The van der Waals surface area contributed by atoms with Crippen molar-refractivity contribution >= 4 is 5.91 Å². The molecule has 4 heteroatoms. The average molecular weight is 307 g/mol. The summed E-state index contributed by atoms with van der Waals surface area (Å²) in [5, 5.41) is 0. The maximum absolute atomic E-state index is 12.6. The van der Waals surface area contributed by atoms with E-state index in [1.807, 2.05) is 41.6 Å². The van der Waals surface area contributed by atoms with Crippen molar-refractivity contribution in [2.24, 2.45) is 0 Å². The molecule has 0 bridgehead atoms. The molecule has 0 radical (unpaired) electrons. The van der Waals surface area contributed by atoms with Crippen LogP contribution in [0.3, 0.4) is 0 Å². The fourth-order valence-corrected chi connectivity index (χ4v) is 3.80. The third-order valence-corrected chi connectivity index (χ3v) is 4.85. The van der Waals surface area contributed by atoms with Crippen LogP contribution in [0, 0.1) is 0 Å². The molecule has 2 aliphatic rings. The summed E-state index contributed by atoms with van der Waals surface area (Å²) in [5.74, 6) is 0.197. The monoisotopic (exact) mass is 307 g/mol. The van der Waals surface area contributed by atoms with Crippen molar-refractivity contribution in [2.75, 3.05) is 19.6 Å². The van der Waals surface area contributed by atoms with E-state index in [0.29, 0.717) is 0 Å². The zero-order valence-corrected chi connectivity index (χ0v) is 13.2. The largest absolute Gasteiger partial charge is 0.319 e. The Morgan fingerprint density at radius 3 is 2.91 bits per heavy atom. The number of amides is 1. The molecule has 1 aromatic heterocycles. The minimum Gasteiger partial charge on any atom is -0.319 e. The van der Waals surface area contributed by atoms with Gasteiger partial charge >= 0.3 is 0 Å². The Morgan fingerprint density at radius 2 is 2.04 bits per heavy atom. The highest BCUT2D eigenvalue weighted by Gasteiger charge is 2.41. The summed E-state index contributed by atoms with van der Waals surface area (Å²) >= 11 is 0. The number of benzene rings is 1. The van der Waals surface area contributed by atoms with Gasteiger partial charge in [0, 0.05) is 43.2 Å². The molecular weight excluding hydrogens is 286 g/mol. The molecule has 1 amide bonds. The van der Waals surface area contributed by atoms with Gasteiger partial charge in [0.05, 0.1) is 0 Å². The summed E-state index contributed by atoms with van der Waals surface area (Å²) < 4.78 is 0. The van der Waals surface area contributed by atoms with E-state index < -0.39 is 0 Å². The standard InChI is InChI=1S/C19H21N3O/c23-19-17-9-2-1-8-16(17)18-21(12-5-13-22(18)19)11-4-7-15-6-3-10-20-14-15/h1-3,6,8-10,14,18H,4-5,7,11-13H2/t18-/m1/s1. The predicted molar refractivity (Wildman–Crippen MR) is 89.0 cm³/mol. The lowest BCUT2D eigenvalue weighted by Gasteiger charge is -2.40. The van der Waals surface area contributed by atoms with Gasteiger partial charge in [0.2, 0.25) is 0 Å². The van der Waals surface area contributed by atoms with E-state index in [1.165, 1.54) is 11.1 Å². The molecule has 1 aromatic carbocycles. The molecule has 0 spiro atoms. The summed E-state index contributed by atoms with van der Waals surface area (Å²) in [6.45, 7) is 2.95. The lowest BCUT2D eigenvalue weighted by molar-refractivity contribution is 0.0160. The van der Waals surface area contributed by atoms with Crippen molar-refractivity contribution in [3.05, 3.63) is 65.5 Å². The van der Waals surface area contributed by atoms with E-state index in [4.69, 9.17) is 0 Å². The zero-order valence-electron chi connectivity index (χ0n) is 13.2. The second kappa shape index (κ2) is 6.13. The number of carbonyl (C=O) groups is 1. The Balaban J connectivity index is 1.48. The van der Waals surface area contributed by atoms with Gasteiger partial charge in [-0.25, -0.2) is 0 Å². The van der Waals surface area contributed by atoms with Gasteiger partial charge in [-0.1, -0.05) is 24.3 Å². The molecule has 118 valence electrons. The Hall–Kier alpha value is -2.20. The quantitative estimate of drug-likeness (QED) is 0.871. The van der Waals surface area contributed by atoms with Crippen LogP contribution in [0.15, 0.2) is 48.8 Å². The molecule has 0 saturated carbocycles. The van der Waals surface area contributed by atoms with E-state index in [2.05, 4.69) is 22.0 Å². The average Bonchev–Trinajstić information content (AvgIpc) is 2.90. The summed E-state index contributed by atoms with van der Waals surface area (Å²) in [5.41, 5.74) is 3.35. The van der Waals surface area contributed by atoms with Crippen molar-refractivity contribution in [3.8, 4) is 0 Å². The van der Waals surface area contributed by atoms with Crippen LogP contribution in [0.1, 0.15) is 40.5 Å². The van der Waals surface area contributed by atoms with Crippen LogP contribution in [0.5, 0.6) is 0 Å². The molecule has 0 unspecified atom stereocenters. The third kappa shape index (κ3) is 2.63. The highest BCUT2D eigenvalue weighted by Crippen LogP contribution is 2.38. The fourth-order valence-electron chi connectivity index (χ4n) is 3.80. The van der Waals surface area contributed by atoms with Gasteiger partial charge in [0.1, 0.15) is 6.17 Å². The zero-order chi connectivity index (χ0) is 15.6. The second-order valence-electron chi connectivity index (χ2n) is 6.31. The van der Waals surface area contributed by atoms with E-state index in [-0.39, 0.29) is 12.1 Å². The molecule has 1 atom stereocenters. The summed E-state index contributed by atoms with van der Waals surface area (Å²) in [6, 6.07) is 12.2. The maximum atomic E-state index is 12.6. The Kier molecular flexibility index (Phi) is 3.83. The molecule has 0 N–H and O–H groups in total. The normalized spacial score (nSPS) is 20.4. The minimum absolute atomic E-state index is 0.140. The molecule has 2 aromatic rings. The van der Waals surface area contributed by atoms with E-state index in [9.17, 15) is 4.79 Å². The Morgan fingerprint density at radius 1 is 1.13 bits per heavy atom. The molecule has 2 aliphatic heterocycles. The topological polar surface area (TPSA) is 36.4 Å². The molecule has 4 rings (SSSR count). The number of carbonyl (C=O) groups excluding carboxylic acids is 1. The molecule has 23 heavy (non-hydrogen) atoms. The molecule has 0 aliphatic carbocycles. The highest BCUT2D eigenvalue weighted by molar-refractivity contribution is 5.99. The number of rotatable bonds is 4. The van der Waals surface area contributed by atoms with Crippen molar-refractivity contribution in [1.82, 2.24) is 14.8 Å². The van der Waals surface area contributed by atoms with Crippen LogP contribution in [0.25, 0.3) is 0 Å². The van der Waals surface area contributed by atoms with Crippen LogP contribution in [0.4, 0.5) is 0 Å². The lowest BCUT2D eigenvalue weighted by Crippen LogP contribution is -2.46. The first-order chi connectivity index (χ1) is 11.3. The molecule has 4 nitrogen and oxygen atoms in total. The number of pyridine rings is 1. The van der Waals surface area contributed by atoms with Gasteiger partial charge in [-0.15, -0.1) is 0 Å². The predicted octanol–water partition coefficient (Wildman–Crippen LogP) is 2.87. The van der Waals surface area contributed by atoms with Crippen molar-refractivity contribution in [2.45, 2.75) is 25.4 Å². The van der Waals surface area contributed by atoms with Crippen LogP contribution < -0.4 is 0 Å². The maximum Gasteiger partial charge on any atom is 0.255 e. The second-order valence-corrected chi connectivity index (χ2v) is 6.31. The van der Waals surface area contributed by atoms with Crippen molar-refractivity contribution < 1.29 is 4.79 Å².